The first kappa shape index (κ1) is 17.0. The normalized spacial score (nSPS) is 20.4. The van der Waals surface area contributed by atoms with E-state index in [1.807, 2.05) is 7.11 Å². The number of nitrogens with two attached hydrogens (primary N) is 1. The van der Waals surface area contributed by atoms with Crippen molar-refractivity contribution in [1.29, 1.82) is 0 Å². The summed E-state index contributed by atoms with van der Waals surface area (Å²) >= 11 is 0. The maximum absolute atomic E-state index is 6.38. The minimum absolute atomic E-state index is 0.249. The Kier molecular flexibility index (Phi) is 9.54. The first-order chi connectivity index (χ1) is 9.29. The lowest BCUT2D eigenvalue weighted by molar-refractivity contribution is 0.0153. The highest BCUT2D eigenvalue weighted by Crippen LogP contribution is 2.29. The maximum atomic E-state index is 6.38. The van der Waals surface area contributed by atoms with Crippen LogP contribution in [0, 0.1) is 5.92 Å². The van der Waals surface area contributed by atoms with Gasteiger partial charge in [0, 0.05) is 13.2 Å². The number of unbranched alkanes of at least 4 members (excludes halogenated alkanes) is 5. The van der Waals surface area contributed by atoms with Crippen LogP contribution in [0.15, 0.2) is 0 Å². The van der Waals surface area contributed by atoms with Gasteiger partial charge in [-0.2, -0.15) is 0 Å². The number of hydrogen-bond acceptors (Lipinski definition) is 2. The summed E-state index contributed by atoms with van der Waals surface area (Å²) in [6.45, 7) is 2.27. The van der Waals surface area contributed by atoms with E-state index in [0.29, 0.717) is 12.0 Å². The quantitative estimate of drug-likeness (QED) is 0.585. The molecule has 0 heterocycles. The number of hydrogen-bond donors (Lipinski definition) is 1. The molecule has 0 aromatic rings. The Labute approximate surface area is 120 Å². The van der Waals surface area contributed by atoms with E-state index in [1.54, 1.807) is 0 Å². The molecular weight excluding hydrogens is 234 g/mol. The number of ether oxygens (including phenoxy) is 1. The van der Waals surface area contributed by atoms with Crippen molar-refractivity contribution in [2.24, 2.45) is 11.7 Å². The summed E-state index contributed by atoms with van der Waals surface area (Å²) in [7, 11) is 1.85. The topological polar surface area (TPSA) is 35.2 Å². The van der Waals surface area contributed by atoms with Crippen LogP contribution in [0.1, 0.15) is 84.0 Å². The fraction of sp³-hybridized carbons (Fsp3) is 1.00. The molecule has 0 aliphatic heterocycles. The highest BCUT2D eigenvalue weighted by molar-refractivity contribution is 4.82. The van der Waals surface area contributed by atoms with E-state index >= 15 is 0 Å². The van der Waals surface area contributed by atoms with Gasteiger partial charge in [-0.1, -0.05) is 64.7 Å². The van der Waals surface area contributed by atoms with E-state index in [-0.39, 0.29) is 6.04 Å². The van der Waals surface area contributed by atoms with E-state index in [0.717, 1.165) is 6.42 Å². The molecular formula is C17H35NO. The molecule has 0 bridgehead atoms. The molecule has 0 aromatic carbocycles. The summed E-state index contributed by atoms with van der Waals surface area (Å²) in [5, 5.41) is 0. The van der Waals surface area contributed by atoms with E-state index < -0.39 is 0 Å². The zero-order valence-electron chi connectivity index (χ0n) is 13.2. The third-order valence-electron chi connectivity index (χ3n) is 4.70. The molecule has 0 spiro atoms. The molecule has 1 fully saturated rings. The lowest BCUT2D eigenvalue weighted by atomic mass is 9.81. The Morgan fingerprint density at radius 3 is 2.26 bits per heavy atom. The molecule has 0 aromatic heterocycles. The first-order valence-corrected chi connectivity index (χ1v) is 8.58. The Balaban J connectivity index is 2.15. The van der Waals surface area contributed by atoms with E-state index in [9.17, 15) is 0 Å². The van der Waals surface area contributed by atoms with Crippen LogP contribution < -0.4 is 5.73 Å². The summed E-state index contributed by atoms with van der Waals surface area (Å²) in [4.78, 5) is 0. The van der Waals surface area contributed by atoms with Gasteiger partial charge in [0.05, 0.1) is 6.10 Å². The molecule has 1 saturated carbocycles. The van der Waals surface area contributed by atoms with Crippen molar-refractivity contribution in [1.82, 2.24) is 0 Å². The van der Waals surface area contributed by atoms with E-state index in [1.165, 1.54) is 70.6 Å². The molecule has 2 nitrogen and oxygen atoms in total. The van der Waals surface area contributed by atoms with Gasteiger partial charge in [0.25, 0.3) is 0 Å². The Bertz CT molecular complexity index is 201. The average Bonchev–Trinajstić information content (AvgIpc) is 2.45. The van der Waals surface area contributed by atoms with Gasteiger partial charge in [-0.05, 0) is 25.2 Å². The van der Waals surface area contributed by atoms with Crippen molar-refractivity contribution >= 4 is 0 Å². The molecule has 0 amide bonds. The van der Waals surface area contributed by atoms with Gasteiger partial charge in [-0.3, -0.25) is 0 Å². The monoisotopic (exact) mass is 269 g/mol. The summed E-state index contributed by atoms with van der Waals surface area (Å²) in [5.41, 5.74) is 6.38. The van der Waals surface area contributed by atoms with Crippen molar-refractivity contribution in [2.75, 3.05) is 7.11 Å². The number of methoxy groups -OCH3 is 1. The predicted octanol–water partition coefficient (Wildman–Crippen LogP) is 4.66. The van der Waals surface area contributed by atoms with Gasteiger partial charge in [0.2, 0.25) is 0 Å². The third-order valence-corrected chi connectivity index (χ3v) is 4.70. The molecule has 0 saturated heterocycles. The van der Waals surface area contributed by atoms with Crippen LogP contribution in [-0.2, 0) is 4.74 Å². The lowest BCUT2D eigenvalue weighted by Crippen LogP contribution is -2.42. The summed E-state index contributed by atoms with van der Waals surface area (Å²) in [6, 6.07) is 0.249. The Morgan fingerprint density at radius 1 is 1.00 bits per heavy atom. The Morgan fingerprint density at radius 2 is 1.63 bits per heavy atom. The fourth-order valence-electron chi connectivity index (χ4n) is 3.50. The fourth-order valence-corrected chi connectivity index (χ4v) is 3.50. The third kappa shape index (κ3) is 6.76. The summed E-state index contributed by atoms with van der Waals surface area (Å²) < 4.78 is 5.72. The van der Waals surface area contributed by atoms with Crippen LogP contribution >= 0.6 is 0 Å². The minimum Gasteiger partial charge on any atom is -0.380 e. The van der Waals surface area contributed by atoms with Crippen LogP contribution in [0.5, 0.6) is 0 Å². The number of rotatable bonds is 10. The predicted molar refractivity (Wildman–Crippen MR) is 83.3 cm³/mol. The largest absolute Gasteiger partial charge is 0.380 e. The van der Waals surface area contributed by atoms with Crippen LogP contribution in [0.4, 0.5) is 0 Å². The smallest absolute Gasteiger partial charge is 0.0750 e. The molecule has 0 radical (unpaired) electrons. The minimum atomic E-state index is 0.249. The highest BCUT2D eigenvalue weighted by Gasteiger charge is 2.28. The van der Waals surface area contributed by atoms with Crippen LogP contribution in [0.25, 0.3) is 0 Å². The molecule has 1 aliphatic rings. The zero-order chi connectivity index (χ0) is 13.9. The molecule has 2 atom stereocenters. The van der Waals surface area contributed by atoms with Crippen LogP contribution in [0.3, 0.4) is 0 Å². The highest BCUT2D eigenvalue weighted by atomic mass is 16.5. The van der Waals surface area contributed by atoms with E-state index in [2.05, 4.69) is 6.92 Å². The molecule has 2 unspecified atom stereocenters. The van der Waals surface area contributed by atoms with Crippen LogP contribution in [-0.4, -0.2) is 19.3 Å². The first-order valence-electron chi connectivity index (χ1n) is 8.58. The maximum Gasteiger partial charge on any atom is 0.0750 e. The van der Waals surface area contributed by atoms with Gasteiger partial charge in [-0.25, -0.2) is 0 Å². The molecule has 2 heteroatoms. The van der Waals surface area contributed by atoms with Gasteiger partial charge in [-0.15, -0.1) is 0 Å². The summed E-state index contributed by atoms with van der Waals surface area (Å²) in [6.07, 6.45) is 16.3. The molecule has 2 N–H and O–H groups in total. The van der Waals surface area contributed by atoms with Gasteiger partial charge in [0.15, 0.2) is 0 Å². The van der Waals surface area contributed by atoms with Crippen molar-refractivity contribution in [2.45, 2.75) is 96.1 Å². The van der Waals surface area contributed by atoms with Gasteiger partial charge in [0.1, 0.15) is 0 Å². The second kappa shape index (κ2) is 10.7. The van der Waals surface area contributed by atoms with Crippen molar-refractivity contribution in [3.05, 3.63) is 0 Å². The summed E-state index contributed by atoms with van der Waals surface area (Å²) in [5.74, 6) is 0.717. The zero-order valence-corrected chi connectivity index (χ0v) is 13.2. The SMILES string of the molecule is CCCCCCCCC(N)C(OC)C1CCCCC1. The van der Waals surface area contributed by atoms with Crippen molar-refractivity contribution < 1.29 is 4.74 Å². The standard InChI is InChI=1S/C17H35NO/c1-3-4-5-6-7-11-14-16(18)17(19-2)15-12-9-8-10-13-15/h15-17H,3-14,18H2,1-2H3. The molecule has 19 heavy (non-hydrogen) atoms. The molecule has 114 valence electrons. The van der Waals surface area contributed by atoms with E-state index in [4.69, 9.17) is 10.5 Å². The van der Waals surface area contributed by atoms with Crippen molar-refractivity contribution in [3.63, 3.8) is 0 Å². The second-order valence-electron chi connectivity index (χ2n) is 6.32. The molecule has 1 rings (SSSR count). The molecule has 1 aliphatic carbocycles. The Hall–Kier alpha value is -0.0800. The van der Waals surface area contributed by atoms with Crippen molar-refractivity contribution in [3.8, 4) is 0 Å². The second-order valence-corrected chi connectivity index (χ2v) is 6.32. The lowest BCUT2D eigenvalue weighted by Gasteiger charge is -2.33. The average molecular weight is 269 g/mol. The van der Waals surface area contributed by atoms with Gasteiger partial charge < -0.3 is 10.5 Å². The van der Waals surface area contributed by atoms with Gasteiger partial charge >= 0.3 is 0 Å². The van der Waals surface area contributed by atoms with Crippen LogP contribution in [0.2, 0.25) is 0 Å².